The highest BCUT2D eigenvalue weighted by Gasteiger charge is 2.21. The van der Waals surface area contributed by atoms with Crippen LogP contribution >= 0.6 is 0 Å². The molecule has 1 aliphatic heterocycles. The molecular formula is C22H26FN3O4S. The van der Waals surface area contributed by atoms with E-state index in [1.165, 1.54) is 24.3 Å². The summed E-state index contributed by atoms with van der Waals surface area (Å²) in [6, 6.07) is 12.4. The van der Waals surface area contributed by atoms with Crippen molar-refractivity contribution in [1.29, 1.82) is 0 Å². The van der Waals surface area contributed by atoms with E-state index in [0.717, 1.165) is 42.1 Å². The van der Waals surface area contributed by atoms with Crippen molar-refractivity contribution in [3.05, 3.63) is 65.5 Å². The van der Waals surface area contributed by atoms with Crippen molar-refractivity contribution in [1.82, 2.24) is 9.21 Å². The average molecular weight is 448 g/mol. The molecule has 31 heavy (non-hydrogen) atoms. The number of benzene rings is 2. The van der Waals surface area contributed by atoms with E-state index in [1.54, 1.807) is 24.3 Å². The molecule has 1 heterocycles. The van der Waals surface area contributed by atoms with Crippen molar-refractivity contribution in [2.75, 3.05) is 31.2 Å². The minimum Gasteiger partial charge on any atom is -0.342 e. The largest absolute Gasteiger partial charge is 0.342 e. The van der Waals surface area contributed by atoms with Crippen LogP contribution in [-0.2, 0) is 32.6 Å². The fourth-order valence-electron chi connectivity index (χ4n) is 3.40. The highest BCUT2D eigenvalue weighted by Crippen LogP contribution is 2.15. The normalized spacial score (nSPS) is 14.1. The van der Waals surface area contributed by atoms with Gasteiger partial charge in [0.1, 0.15) is 5.82 Å². The summed E-state index contributed by atoms with van der Waals surface area (Å²) >= 11 is 0. The lowest BCUT2D eigenvalue weighted by molar-refractivity contribution is -0.129. The molecule has 0 atom stereocenters. The van der Waals surface area contributed by atoms with Crippen LogP contribution in [0.3, 0.4) is 0 Å². The quantitative estimate of drug-likeness (QED) is 0.673. The van der Waals surface area contributed by atoms with Crippen LogP contribution in [-0.4, -0.2) is 55.3 Å². The van der Waals surface area contributed by atoms with Crippen LogP contribution in [0, 0.1) is 5.82 Å². The molecule has 0 aromatic heterocycles. The van der Waals surface area contributed by atoms with Gasteiger partial charge in [0.15, 0.2) is 0 Å². The second-order valence-corrected chi connectivity index (χ2v) is 9.65. The Kier molecular flexibility index (Phi) is 7.40. The SMILES string of the molecule is CS(=O)(=O)N(CC(=O)Nc1ccc(CC(=O)N2CCCC2)cc1)Cc1ccc(F)cc1. The Labute approximate surface area is 181 Å². The molecule has 0 saturated carbocycles. The lowest BCUT2D eigenvalue weighted by atomic mass is 10.1. The molecule has 0 radical (unpaired) electrons. The van der Waals surface area contributed by atoms with Gasteiger partial charge >= 0.3 is 0 Å². The van der Waals surface area contributed by atoms with E-state index in [4.69, 9.17) is 0 Å². The van der Waals surface area contributed by atoms with Gasteiger partial charge in [0.25, 0.3) is 0 Å². The monoisotopic (exact) mass is 447 g/mol. The number of hydrogen-bond acceptors (Lipinski definition) is 4. The maximum Gasteiger partial charge on any atom is 0.239 e. The van der Waals surface area contributed by atoms with Crippen molar-refractivity contribution >= 4 is 27.5 Å². The molecule has 0 spiro atoms. The highest BCUT2D eigenvalue weighted by atomic mass is 32.2. The van der Waals surface area contributed by atoms with E-state index in [1.807, 2.05) is 4.90 Å². The fraction of sp³-hybridized carbons (Fsp3) is 0.364. The molecule has 1 N–H and O–H groups in total. The molecule has 0 unspecified atom stereocenters. The van der Waals surface area contributed by atoms with E-state index in [0.29, 0.717) is 17.7 Å². The summed E-state index contributed by atoms with van der Waals surface area (Å²) in [5.74, 6) is -0.815. The molecule has 3 rings (SSSR count). The average Bonchev–Trinajstić information content (AvgIpc) is 3.25. The van der Waals surface area contributed by atoms with Crippen LogP contribution in [0.2, 0.25) is 0 Å². The van der Waals surface area contributed by atoms with Crippen molar-refractivity contribution in [3.63, 3.8) is 0 Å². The van der Waals surface area contributed by atoms with Crippen LogP contribution in [0.4, 0.5) is 10.1 Å². The number of likely N-dealkylation sites (tertiary alicyclic amines) is 1. The maximum atomic E-state index is 13.1. The Morgan fingerprint density at radius 1 is 1.00 bits per heavy atom. The minimum atomic E-state index is -3.65. The van der Waals surface area contributed by atoms with Gasteiger partial charge in [0, 0.05) is 25.3 Å². The van der Waals surface area contributed by atoms with Crippen LogP contribution in [0.5, 0.6) is 0 Å². The summed E-state index contributed by atoms with van der Waals surface area (Å²) in [5, 5.41) is 2.67. The summed E-state index contributed by atoms with van der Waals surface area (Å²) in [7, 11) is -3.65. The third-order valence-electron chi connectivity index (χ3n) is 5.11. The van der Waals surface area contributed by atoms with Crippen molar-refractivity contribution < 1.29 is 22.4 Å². The number of nitrogens with one attached hydrogen (secondary N) is 1. The van der Waals surface area contributed by atoms with Gasteiger partial charge in [0.2, 0.25) is 21.8 Å². The Morgan fingerprint density at radius 3 is 2.16 bits per heavy atom. The van der Waals surface area contributed by atoms with Crippen LogP contribution < -0.4 is 5.32 Å². The molecule has 1 aliphatic rings. The van der Waals surface area contributed by atoms with Crippen molar-refractivity contribution in [3.8, 4) is 0 Å². The highest BCUT2D eigenvalue weighted by molar-refractivity contribution is 7.88. The van der Waals surface area contributed by atoms with Gasteiger partial charge in [-0.3, -0.25) is 9.59 Å². The number of carbonyl (C=O) groups is 2. The predicted molar refractivity (Wildman–Crippen MR) is 116 cm³/mol. The third-order valence-corrected chi connectivity index (χ3v) is 6.31. The number of hydrogen-bond donors (Lipinski definition) is 1. The van der Waals surface area contributed by atoms with Crippen molar-refractivity contribution in [2.45, 2.75) is 25.8 Å². The zero-order chi connectivity index (χ0) is 22.4. The van der Waals surface area contributed by atoms with Gasteiger partial charge in [0.05, 0.1) is 19.2 Å². The number of anilines is 1. The summed E-state index contributed by atoms with van der Waals surface area (Å²) < 4.78 is 38.3. The van der Waals surface area contributed by atoms with Gasteiger partial charge in [-0.2, -0.15) is 4.31 Å². The third kappa shape index (κ3) is 6.86. The molecule has 0 aliphatic carbocycles. The smallest absolute Gasteiger partial charge is 0.239 e. The number of amides is 2. The zero-order valence-corrected chi connectivity index (χ0v) is 18.2. The van der Waals surface area contributed by atoms with Gasteiger partial charge in [-0.1, -0.05) is 24.3 Å². The molecule has 2 amide bonds. The predicted octanol–water partition coefficient (Wildman–Crippen LogP) is 2.39. The summed E-state index contributed by atoms with van der Waals surface area (Å²) in [6.45, 7) is 1.21. The van der Waals surface area contributed by atoms with Gasteiger partial charge in [-0.15, -0.1) is 0 Å². The van der Waals surface area contributed by atoms with E-state index in [-0.39, 0.29) is 19.0 Å². The number of rotatable bonds is 8. The van der Waals surface area contributed by atoms with Crippen molar-refractivity contribution in [2.24, 2.45) is 0 Å². The summed E-state index contributed by atoms with van der Waals surface area (Å²) in [4.78, 5) is 26.5. The van der Waals surface area contributed by atoms with E-state index < -0.39 is 21.7 Å². The number of halogens is 1. The second kappa shape index (κ2) is 10.0. The van der Waals surface area contributed by atoms with Crippen LogP contribution in [0.1, 0.15) is 24.0 Å². The van der Waals surface area contributed by atoms with Crippen LogP contribution in [0.25, 0.3) is 0 Å². The number of carbonyl (C=O) groups excluding carboxylic acids is 2. The Morgan fingerprint density at radius 2 is 1.58 bits per heavy atom. The first-order valence-corrected chi connectivity index (χ1v) is 11.9. The van der Waals surface area contributed by atoms with Gasteiger partial charge in [-0.25, -0.2) is 12.8 Å². The topological polar surface area (TPSA) is 86.8 Å². The second-order valence-electron chi connectivity index (χ2n) is 7.67. The standard InChI is InChI=1S/C22H26FN3O4S/c1-31(29,30)26(15-18-4-8-19(23)9-5-18)16-21(27)24-20-10-6-17(7-11-20)14-22(28)25-12-2-3-13-25/h4-11H,2-3,12-16H2,1H3,(H,24,27). The molecule has 1 fully saturated rings. The number of sulfonamides is 1. The molecular weight excluding hydrogens is 421 g/mol. The number of nitrogens with zero attached hydrogens (tertiary/aromatic N) is 2. The Balaban J connectivity index is 1.57. The van der Waals surface area contributed by atoms with Crippen LogP contribution in [0.15, 0.2) is 48.5 Å². The Bertz CT molecular complexity index is 1020. The first-order chi connectivity index (χ1) is 14.7. The molecule has 0 bridgehead atoms. The molecule has 2 aromatic rings. The Hall–Kier alpha value is -2.78. The first-order valence-electron chi connectivity index (χ1n) is 10.1. The minimum absolute atomic E-state index is 0.0376. The van der Waals surface area contributed by atoms with E-state index in [2.05, 4.69) is 5.32 Å². The molecule has 166 valence electrons. The van der Waals surface area contributed by atoms with E-state index >= 15 is 0 Å². The van der Waals surface area contributed by atoms with E-state index in [9.17, 15) is 22.4 Å². The summed E-state index contributed by atoms with van der Waals surface area (Å²) in [5.41, 5.74) is 1.94. The fourth-order valence-corrected chi connectivity index (χ4v) is 4.14. The maximum absolute atomic E-state index is 13.1. The molecule has 7 nitrogen and oxygen atoms in total. The molecule has 2 aromatic carbocycles. The van der Waals surface area contributed by atoms with Gasteiger partial charge in [-0.05, 0) is 48.2 Å². The first kappa shape index (κ1) is 22.9. The van der Waals surface area contributed by atoms with Gasteiger partial charge < -0.3 is 10.2 Å². The summed E-state index contributed by atoms with van der Waals surface area (Å²) in [6.07, 6.45) is 3.43. The molecule has 9 heteroatoms. The molecule has 1 saturated heterocycles. The lowest BCUT2D eigenvalue weighted by Crippen LogP contribution is -2.36. The zero-order valence-electron chi connectivity index (χ0n) is 17.4. The lowest BCUT2D eigenvalue weighted by Gasteiger charge is -2.19.